The van der Waals surface area contributed by atoms with Crippen LogP contribution in [0.4, 0.5) is 5.69 Å². The van der Waals surface area contributed by atoms with Crippen LogP contribution in [0.5, 0.6) is 0 Å². The fraction of sp³-hybridized carbons (Fsp3) is 0.323. The average Bonchev–Trinajstić information content (AvgIpc) is 3.31. The summed E-state index contributed by atoms with van der Waals surface area (Å²) >= 11 is 0. The molecule has 2 N–H and O–H groups in total. The summed E-state index contributed by atoms with van der Waals surface area (Å²) in [6.07, 6.45) is 6.88. The predicted octanol–water partition coefficient (Wildman–Crippen LogP) is 6.66. The van der Waals surface area contributed by atoms with Crippen molar-refractivity contribution in [3.63, 3.8) is 0 Å². The number of nitrogens with zero attached hydrogens (tertiary/aromatic N) is 1. The number of imidazole rings is 1. The maximum atomic E-state index is 12.8. The molecule has 0 radical (unpaired) electrons. The van der Waals surface area contributed by atoms with Crippen LogP contribution in [0.25, 0.3) is 22.4 Å². The molecule has 2 aliphatic rings. The molecule has 1 heterocycles. The summed E-state index contributed by atoms with van der Waals surface area (Å²) < 4.78 is 0. The molecule has 4 aromatic rings. The average molecular weight is 478 g/mol. The molecule has 2 aliphatic carbocycles. The van der Waals surface area contributed by atoms with Gasteiger partial charge in [-0.05, 0) is 60.9 Å². The zero-order valence-electron chi connectivity index (χ0n) is 20.4. The molecule has 5 nitrogen and oxygen atoms in total. The van der Waals surface area contributed by atoms with E-state index in [1.807, 2.05) is 36.4 Å². The highest BCUT2D eigenvalue weighted by Gasteiger charge is 2.43. The van der Waals surface area contributed by atoms with Gasteiger partial charge in [-0.25, -0.2) is 4.98 Å². The number of ketones is 1. The Morgan fingerprint density at radius 3 is 2.50 bits per heavy atom. The summed E-state index contributed by atoms with van der Waals surface area (Å²) in [5.41, 5.74) is 5.96. The molecule has 0 spiro atoms. The van der Waals surface area contributed by atoms with Gasteiger partial charge in [0.25, 0.3) is 0 Å². The highest BCUT2D eigenvalue weighted by Crippen LogP contribution is 2.47. The Morgan fingerprint density at radius 2 is 1.72 bits per heavy atom. The topological polar surface area (TPSA) is 74.8 Å². The molecule has 0 bridgehead atoms. The predicted molar refractivity (Wildman–Crippen MR) is 143 cm³/mol. The number of H-pyrrole nitrogens is 1. The first kappa shape index (κ1) is 22.7. The standard InChI is InChI=1S/C31H31N3O2/c35-29(22-8-4-5-9-22)17-12-20-10-13-23(14-11-20)30-33-27-16-15-24(18-28(27)34-30)32-31(36)26-19-25(26)21-6-2-1-3-7-21/h1-3,6-7,10-11,13-16,18,22,25-26H,4-5,8-9,12,17,19H2,(H,32,36)(H,33,34). The van der Waals surface area contributed by atoms with E-state index in [-0.39, 0.29) is 11.8 Å². The number of aromatic amines is 1. The molecule has 1 amide bonds. The van der Waals surface area contributed by atoms with Crippen molar-refractivity contribution in [2.45, 2.75) is 50.9 Å². The van der Waals surface area contributed by atoms with Gasteiger partial charge in [0.1, 0.15) is 11.6 Å². The maximum absolute atomic E-state index is 12.8. The van der Waals surface area contributed by atoms with Crippen molar-refractivity contribution in [2.75, 3.05) is 5.32 Å². The second-order valence-electron chi connectivity index (χ2n) is 10.3. The number of fused-ring (bicyclic) bond motifs is 1. The molecule has 2 unspecified atom stereocenters. The third-order valence-corrected chi connectivity index (χ3v) is 7.80. The van der Waals surface area contributed by atoms with Crippen molar-refractivity contribution >= 4 is 28.4 Å². The third kappa shape index (κ3) is 4.83. The Labute approximate surface area is 211 Å². The zero-order valence-corrected chi connectivity index (χ0v) is 20.4. The Bertz CT molecular complexity index is 1380. The summed E-state index contributed by atoms with van der Waals surface area (Å²) in [4.78, 5) is 33.3. The van der Waals surface area contributed by atoms with Crippen molar-refractivity contribution in [2.24, 2.45) is 11.8 Å². The second kappa shape index (κ2) is 9.73. The Kier molecular flexibility index (Phi) is 6.14. The Morgan fingerprint density at radius 1 is 0.944 bits per heavy atom. The number of carbonyl (C=O) groups excluding carboxylic acids is 2. The highest BCUT2D eigenvalue weighted by atomic mass is 16.2. The first-order valence-corrected chi connectivity index (χ1v) is 13.1. The minimum absolute atomic E-state index is 0.0346. The lowest BCUT2D eigenvalue weighted by atomic mass is 9.96. The number of rotatable bonds is 8. The molecular weight excluding hydrogens is 446 g/mol. The van der Waals surface area contributed by atoms with Gasteiger partial charge in [0.05, 0.1) is 11.0 Å². The first-order chi connectivity index (χ1) is 17.6. The van der Waals surface area contributed by atoms with Crippen LogP contribution < -0.4 is 5.32 Å². The highest BCUT2D eigenvalue weighted by molar-refractivity contribution is 5.97. The van der Waals surface area contributed by atoms with E-state index in [4.69, 9.17) is 4.98 Å². The molecule has 0 aliphatic heterocycles. The number of amides is 1. The minimum atomic E-state index is 0.0346. The lowest BCUT2D eigenvalue weighted by molar-refractivity contribution is -0.122. The molecule has 1 aromatic heterocycles. The molecule has 2 saturated carbocycles. The molecular formula is C31H31N3O2. The Hall–Kier alpha value is -3.73. The maximum Gasteiger partial charge on any atom is 0.228 e. The molecule has 3 aromatic carbocycles. The van der Waals surface area contributed by atoms with E-state index in [9.17, 15) is 9.59 Å². The third-order valence-electron chi connectivity index (χ3n) is 7.80. The SMILES string of the molecule is O=C(CCc1ccc(-c2nc3ccc(NC(=O)C4CC4c4ccccc4)cc3[nH]2)cc1)C1CCCC1. The van der Waals surface area contributed by atoms with Gasteiger partial charge in [-0.15, -0.1) is 0 Å². The van der Waals surface area contributed by atoms with E-state index in [2.05, 4.69) is 46.7 Å². The normalized spacial score (nSPS) is 19.4. The fourth-order valence-electron chi connectivity index (χ4n) is 5.56. The number of benzene rings is 3. The number of carbonyl (C=O) groups is 2. The molecule has 2 fully saturated rings. The number of anilines is 1. The van der Waals surface area contributed by atoms with E-state index in [1.165, 1.54) is 24.0 Å². The van der Waals surface area contributed by atoms with Gasteiger partial charge in [0.15, 0.2) is 0 Å². The van der Waals surface area contributed by atoms with Crippen molar-refractivity contribution in [3.8, 4) is 11.4 Å². The van der Waals surface area contributed by atoms with Gasteiger partial charge in [-0.1, -0.05) is 67.4 Å². The zero-order chi connectivity index (χ0) is 24.5. The van der Waals surface area contributed by atoms with E-state index >= 15 is 0 Å². The number of Topliss-reactive ketones (excluding diaryl/α,β-unsaturated/α-hetero) is 1. The van der Waals surface area contributed by atoms with Crippen LogP contribution in [0, 0.1) is 11.8 Å². The minimum Gasteiger partial charge on any atom is -0.338 e. The van der Waals surface area contributed by atoms with Crippen LogP contribution in [0.3, 0.4) is 0 Å². The molecule has 182 valence electrons. The van der Waals surface area contributed by atoms with Crippen LogP contribution in [0.1, 0.15) is 55.6 Å². The molecule has 6 rings (SSSR count). The summed E-state index contributed by atoms with van der Waals surface area (Å²) in [5.74, 6) is 1.95. The van der Waals surface area contributed by atoms with Gasteiger partial charge >= 0.3 is 0 Å². The summed E-state index contributed by atoms with van der Waals surface area (Å²) in [6.45, 7) is 0. The van der Waals surface area contributed by atoms with E-state index < -0.39 is 0 Å². The number of aromatic nitrogens is 2. The first-order valence-electron chi connectivity index (χ1n) is 13.1. The van der Waals surface area contributed by atoms with E-state index in [0.717, 1.165) is 53.8 Å². The van der Waals surface area contributed by atoms with Crippen LogP contribution in [0.2, 0.25) is 0 Å². The quantitative estimate of drug-likeness (QED) is 0.298. The number of hydrogen-bond acceptors (Lipinski definition) is 3. The van der Waals surface area contributed by atoms with E-state index in [0.29, 0.717) is 24.0 Å². The van der Waals surface area contributed by atoms with Crippen molar-refractivity contribution < 1.29 is 9.59 Å². The summed E-state index contributed by atoms with van der Waals surface area (Å²) in [7, 11) is 0. The number of nitrogens with one attached hydrogen (secondary N) is 2. The van der Waals surface area contributed by atoms with E-state index in [1.54, 1.807) is 0 Å². The van der Waals surface area contributed by atoms with Gasteiger partial charge in [-0.2, -0.15) is 0 Å². The molecule has 36 heavy (non-hydrogen) atoms. The molecule has 5 heteroatoms. The lowest BCUT2D eigenvalue weighted by Crippen LogP contribution is -2.14. The van der Waals surface area contributed by atoms with Gasteiger partial charge < -0.3 is 10.3 Å². The lowest BCUT2D eigenvalue weighted by Gasteiger charge is -2.08. The summed E-state index contributed by atoms with van der Waals surface area (Å²) in [6, 6.07) is 24.4. The van der Waals surface area contributed by atoms with Crippen molar-refractivity contribution in [1.82, 2.24) is 9.97 Å². The monoisotopic (exact) mass is 477 g/mol. The van der Waals surface area contributed by atoms with Gasteiger partial charge in [-0.3, -0.25) is 9.59 Å². The molecule has 0 saturated heterocycles. The van der Waals surface area contributed by atoms with Gasteiger partial charge in [0.2, 0.25) is 5.91 Å². The van der Waals surface area contributed by atoms with Crippen LogP contribution >= 0.6 is 0 Å². The largest absolute Gasteiger partial charge is 0.338 e. The smallest absolute Gasteiger partial charge is 0.228 e. The second-order valence-corrected chi connectivity index (χ2v) is 10.3. The van der Waals surface area contributed by atoms with Crippen LogP contribution in [-0.4, -0.2) is 21.7 Å². The van der Waals surface area contributed by atoms with Gasteiger partial charge in [0, 0.05) is 29.5 Å². The fourth-order valence-corrected chi connectivity index (χ4v) is 5.56. The Balaban J connectivity index is 1.09. The number of hydrogen-bond donors (Lipinski definition) is 2. The van der Waals surface area contributed by atoms with Crippen molar-refractivity contribution in [3.05, 3.63) is 83.9 Å². The van der Waals surface area contributed by atoms with Crippen LogP contribution in [-0.2, 0) is 16.0 Å². The van der Waals surface area contributed by atoms with Crippen LogP contribution in [0.15, 0.2) is 72.8 Å². The summed E-state index contributed by atoms with van der Waals surface area (Å²) in [5, 5.41) is 3.08. The number of aryl methyl sites for hydroxylation is 1. The molecule has 2 atom stereocenters. The van der Waals surface area contributed by atoms with Crippen molar-refractivity contribution in [1.29, 1.82) is 0 Å².